The van der Waals surface area contributed by atoms with Crippen molar-refractivity contribution in [2.45, 2.75) is 32.6 Å². The predicted octanol–water partition coefficient (Wildman–Crippen LogP) is 1.51. The molecule has 3 N–H and O–H groups in total. The summed E-state index contributed by atoms with van der Waals surface area (Å²) in [5.74, 6) is -0.730. The fraction of sp³-hybridized carbons (Fsp3) is 0.438. The fourth-order valence-corrected chi connectivity index (χ4v) is 2.37. The van der Waals surface area contributed by atoms with E-state index in [0.29, 0.717) is 22.5 Å². The van der Waals surface area contributed by atoms with E-state index < -0.39 is 5.92 Å². The molecule has 134 valence electrons. The average molecular weight is 346 g/mol. The Hall–Kier alpha value is -2.81. The number of para-hydroxylation sites is 1. The number of hydrazine groups is 1. The number of carbonyl (C=O) groups is 2. The third kappa shape index (κ3) is 5.64. The minimum atomic E-state index is -0.539. The van der Waals surface area contributed by atoms with Gasteiger partial charge in [-0.1, -0.05) is 38.3 Å². The fourth-order valence-electron chi connectivity index (χ4n) is 2.37. The Labute approximate surface area is 145 Å². The lowest BCUT2D eigenvalue weighted by atomic mass is 10.0. The minimum absolute atomic E-state index is 0.0719. The number of nitrogens with zero attached hydrogens (tertiary/aromatic N) is 4. The zero-order chi connectivity index (χ0) is 18.1. The summed E-state index contributed by atoms with van der Waals surface area (Å²) < 4.78 is 0. The summed E-state index contributed by atoms with van der Waals surface area (Å²) in [4.78, 5) is 27.2. The van der Waals surface area contributed by atoms with Crippen molar-refractivity contribution in [3.05, 3.63) is 24.3 Å². The summed E-state index contributed by atoms with van der Waals surface area (Å²) in [7, 11) is 0. The molecule has 0 radical (unpaired) electrons. The van der Waals surface area contributed by atoms with Crippen LogP contribution in [0.25, 0.3) is 11.0 Å². The molecule has 1 heterocycles. The summed E-state index contributed by atoms with van der Waals surface area (Å²) in [6, 6.07) is 7.25. The van der Waals surface area contributed by atoms with Gasteiger partial charge in [0.05, 0.1) is 18.0 Å². The molecule has 0 unspecified atom stereocenters. The van der Waals surface area contributed by atoms with Gasteiger partial charge in [-0.05, 0) is 18.6 Å². The SMILES string of the molecule is CCCCC[C@H](CN(O)C=O)C(=O)NNc1nnc2ccccc2n1. The monoisotopic (exact) mass is 346 g/mol. The summed E-state index contributed by atoms with van der Waals surface area (Å²) in [5, 5.41) is 17.7. The highest BCUT2D eigenvalue weighted by atomic mass is 16.5. The van der Waals surface area contributed by atoms with Crippen LogP contribution in [-0.4, -0.2) is 44.3 Å². The second kappa shape index (κ2) is 9.48. The molecule has 2 aromatic rings. The van der Waals surface area contributed by atoms with E-state index in [9.17, 15) is 14.8 Å². The molecule has 9 nitrogen and oxygen atoms in total. The molecule has 0 aliphatic carbocycles. The third-order valence-corrected chi connectivity index (χ3v) is 3.71. The molecule has 2 amide bonds. The summed E-state index contributed by atoms with van der Waals surface area (Å²) in [6.07, 6.45) is 3.66. The number of aromatic nitrogens is 3. The number of unbranched alkanes of at least 4 members (excludes halogenated alkanes) is 2. The minimum Gasteiger partial charge on any atom is -0.286 e. The largest absolute Gasteiger partial charge is 0.286 e. The van der Waals surface area contributed by atoms with E-state index in [-0.39, 0.29) is 24.8 Å². The van der Waals surface area contributed by atoms with Gasteiger partial charge in [-0.2, -0.15) is 0 Å². The second-order valence-electron chi connectivity index (χ2n) is 5.66. The van der Waals surface area contributed by atoms with Crippen LogP contribution in [0.5, 0.6) is 0 Å². The van der Waals surface area contributed by atoms with Crippen LogP contribution < -0.4 is 10.9 Å². The van der Waals surface area contributed by atoms with E-state index in [4.69, 9.17) is 0 Å². The van der Waals surface area contributed by atoms with Gasteiger partial charge < -0.3 is 0 Å². The number of carbonyl (C=O) groups excluding carboxylic acids is 2. The Balaban J connectivity index is 1.96. The van der Waals surface area contributed by atoms with Crippen LogP contribution in [0.15, 0.2) is 24.3 Å². The van der Waals surface area contributed by atoms with Gasteiger partial charge >= 0.3 is 0 Å². The lowest BCUT2D eigenvalue weighted by Crippen LogP contribution is -2.40. The van der Waals surface area contributed by atoms with Gasteiger partial charge in [0.25, 0.3) is 5.95 Å². The van der Waals surface area contributed by atoms with Crippen molar-refractivity contribution in [1.29, 1.82) is 0 Å². The van der Waals surface area contributed by atoms with Crippen molar-refractivity contribution < 1.29 is 14.8 Å². The van der Waals surface area contributed by atoms with Crippen LogP contribution >= 0.6 is 0 Å². The number of fused-ring (bicyclic) bond motifs is 1. The molecule has 0 aliphatic heterocycles. The van der Waals surface area contributed by atoms with E-state index in [1.807, 2.05) is 12.1 Å². The number of benzene rings is 1. The second-order valence-corrected chi connectivity index (χ2v) is 5.66. The predicted molar refractivity (Wildman–Crippen MR) is 91.3 cm³/mol. The molecule has 1 atom stereocenters. The Bertz CT molecular complexity index is 711. The molecule has 0 fully saturated rings. The Morgan fingerprint density at radius 1 is 1.28 bits per heavy atom. The van der Waals surface area contributed by atoms with Gasteiger partial charge in [0.15, 0.2) is 0 Å². The maximum Gasteiger partial charge on any atom is 0.262 e. The Morgan fingerprint density at radius 3 is 2.76 bits per heavy atom. The lowest BCUT2D eigenvalue weighted by Gasteiger charge is -2.19. The van der Waals surface area contributed by atoms with Crippen molar-refractivity contribution >= 4 is 29.3 Å². The van der Waals surface area contributed by atoms with E-state index in [0.717, 1.165) is 19.3 Å². The smallest absolute Gasteiger partial charge is 0.262 e. The molecule has 1 aromatic heterocycles. The van der Waals surface area contributed by atoms with Gasteiger partial charge in [-0.25, -0.2) is 10.0 Å². The molecule has 0 saturated carbocycles. The number of hydrogen-bond donors (Lipinski definition) is 3. The summed E-state index contributed by atoms with van der Waals surface area (Å²) in [5.41, 5.74) is 6.44. The topological polar surface area (TPSA) is 120 Å². The number of rotatable bonds is 10. The molecule has 0 saturated heterocycles. The third-order valence-electron chi connectivity index (χ3n) is 3.71. The average Bonchev–Trinajstić information content (AvgIpc) is 2.65. The maximum absolute atomic E-state index is 12.3. The first kappa shape index (κ1) is 18.5. The summed E-state index contributed by atoms with van der Waals surface area (Å²) in [6.45, 7) is 1.99. The van der Waals surface area contributed by atoms with E-state index in [1.54, 1.807) is 12.1 Å². The quantitative estimate of drug-likeness (QED) is 0.258. The van der Waals surface area contributed by atoms with Crippen LogP contribution in [0, 0.1) is 5.92 Å². The van der Waals surface area contributed by atoms with Gasteiger partial charge in [0.2, 0.25) is 12.3 Å². The number of nitrogens with one attached hydrogen (secondary N) is 2. The highest BCUT2D eigenvalue weighted by Gasteiger charge is 2.20. The first-order chi connectivity index (χ1) is 12.1. The Kier molecular flexibility index (Phi) is 7.02. The number of hydrogen-bond acceptors (Lipinski definition) is 7. The maximum atomic E-state index is 12.3. The van der Waals surface area contributed by atoms with E-state index in [1.165, 1.54) is 0 Å². The molecule has 25 heavy (non-hydrogen) atoms. The molecule has 1 aromatic carbocycles. The van der Waals surface area contributed by atoms with E-state index in [2.05, 4.69) is 33.0 Å². The van der Waals surface area contributed by atoms with Crippen molar-refractivity contribution in [2.75, 3.05) is 12.0 Å². The molecule has 2 rings (SSSR count). The van der Waals surface area contributed by atoms with Crippen molar-refractivity contribution in [1.82, 2.24) is 25.7 Å². The summed E-state index contributed by atoms with van der Waals surface area (Å²) >= 11 is 0. The zero-order valence-corrected chi connectivity index (χ0v) is 14.1. The van der Waals surface area contributed by atoms with Crippen molar-refractivity contribution in [2.24, 2.45) is 5.92 Å². The molecule has 0 bridgehead atoms. The normalized spacial score (nSPS) is 11.8. The molecular formula is C16H22N6O3. The lowest BCUT2D eigenvalue weighted by molar-refractivity contribution is -0.154. The highest BCUT2D eigenvalue weighted by molar-refractivity contribution is 5.80. The molecule has 0 aliphatic rings. The molecular weight excluding hydrogens is 324 g/mol. The standard InChI is InChI=1S/C16H22N6O3/c1-2-3-4-7-12(10-22(25)11-23)15(24)19-21-16-17-13-8-5-6-9-14(13)18-20-16/h5-6,8-9,11-12,25H,2-4,7,10H2,1H3,(H,19,24)(H,17,20,21)/t12-/m1/s1. The van der Waals surface area contributed by atoms with Crippen LogP contribution in [0.2, 0.25) is 0 Å². The van der Waals surface area contributed by atoms with Gasteiger partial charge in [-0.3, -0.25) is 25.6 Å². The van der Waals surface area contributed by atoms with Gasteiger partial charge in [0, 0.05) is 0 Å². The van der Waals surface area contributed by atoms with Gasteiger partial charge in [-0.15, -0.1) is 10.2 Å². The number of anilines is 1. The van der Waals surface area contributed by atoms with Crippen molar-refractivity contribution in [3.8, 4) is 0 Å². The molecule has 0 spiro atoms. The van der Waals surface area contributed by atoms with Crippen molar-refractivity contribution in [3.63, 3.8) is 0 Å². The Morgan fingerprint density at radius 2 is 2.04 bits per heavy atom. The van der Waals surface area contributed by atoms with E-state index >= 15 is 0 Å². The van der Waals surface area contributed by atoms with Crippen LogP contribution in [-0.2, 0) is 9.59 Å². The first-order valence-corrected chi connectivity index (χ1v) is 8.20. The van der Waals surface area contributed by atoms with Gasteiger partial charge in [0.1, 0.15) is 5.52 Å². The number of hydroxylamine groups is 2. The highest BCUT2D eigenvalue weighted by Crippen LogP contribution is 2.12. The molecule has 9 heteroatoms. The number of amides is 2. The first-order valence-electron chi connectivity index (χ1n) is 8.20. The zero-order valence-electron chi connectivity index (χ0n) is 14.1. The van der Waals surface area contributed by atoms with Crippen LogP contribution in [0.3, 0.4) is 0 Å². The van der Waals surface area contributed by atoms with Crippen LogP contribution in [0.1, 0.15) is 32.6 Å². The van der Waals surface area contributed by atoms with Crippen LogP contribution in [0.4, 0.5) is 5.95 Å².